The van der Waals surface area contributed by atoms with E-state index in [0.717, 1.165) is 25.0 Å². The number of fused-ring (bicyclic) bond motifs is 1. The third-order valence-electron chi connectivity index (χ3n) is 5.15. The average molecular weight is 460 g/mol. The highest BCUT2D eigenvalue weighted by molar-refractivity contribution is 6.15. The van der Waals surface area contributed by atoms with E-state index in [1.54, 1.807) is 6.07 Å². The summed E-state index contributed by atoms with van der Waals surface area (Å²) in [5.41, 5.74) is -0.277. The molecule has 0 radical (unpaired) electrons. The van der Waals surface area contributed by atoms with Crippen LogP contribution in [-0.4, -0.2) is 32.5 Å². The summed E-state index contributed by atoms with van der Waals surface area (Å²) in [6, 6.07) is 3.91. The van der Waals surface area contributed by atoms with E-state index in [9.17, 15) is 27.2 Å². The zero-order valence-electron chi connectivity index (χ0n) is 16.8. The minimum absolute atomic E-state index is 0.0786. The van der Waals surface area contributed by atoms with Gasteiger partial charge in [-0.1, -0.05) is 0 Å². The first kappa shape index (κ1) is 20.9. The molecule has 0 atom stereocenters. The van der Waals surface area contributed by atoms with E-state index in [0.29, 0.717) is 23.1 Å². The van der Waals surface area contributed by atoms with Crippen molar-refractivity contribution in [3.8, 4) is 0 Å². The smallest absolute Gasteiger partial charge is 0.367 e. The van der Waals surface area contributed by atoms with Crippen molar-refractivity contribution < 1.29 is 27.2 Å². The van der Waals surface area contributed by atoms with Crippen LogP contribution in [0.4, 0.5) is 34.9 Å². The number of rotatable bonds is 5. The molecule has 0 spiro atoms. The molecule has 1 saturated carbocycles. The molecule has 1 saturated heterocycles. The first-order valence-electron chi connectivity index (χ1n) is 10.0. The molecule has 2 aliphatic rings. The number of imide groups is 1. The number of carbonyl (C=O) groups is 2. The fourth-order valence-electron chi connectivity index (χ4n) is 3.47. The van der Waals surface area contributed by atoms with Gasteiger partial charge in [-0.15, -0.1) is 0 Å². The molecule has 33 heavy (non-hydrogen) atoms. The SMILES string of the molecule is O=C1C/C(=C\c2cnn3c(NC4CC4)cc(Nc4cc(F)cc(C(F)(F)F)c4)nc23)C(=O)N1. The van der Waals surface area contributed by atoms with Crippen LogP contribution in [0.25, 0.3) is 11.7 Å². The molecule has 3 heterocycles. The third-order valence-corrected chi connectivity index (χ3v) is 5.15. The maximum Gasteiger partial charge on any atom is 0.416 e. The van der Waals surface area contributed by atoms with Crippen LogP contribution in [0.15, 0.2) is 36.0 Å². The zero-order chi connectivity index (χ0) is 23.3. The predicted molar refractivity (Wildman–Crippen MR) is 110 cm³/mol. The van der Waals surface area contributed by atoms with Gasteiger partial charge < -0.3 is 10.6 Å². The molecule has 0 unspecified atom stereocenters. The highest BCUT2D eigenvalue weighted by atomic mass is 19.4. The van der Waals surface area contributed by atoms with Gasteiger partial charge in [0.1, 0.15) is 17.5 Å². The average Bonchev–Trinajstić information content (AvgIpc) is 3.36. The molecule has 1 aliphatic heterocycles. The van der Waals surface area contributed by atoms with Crippen molar-refractivity contribution in [3.05, 3.63) is 53.0 Å². The van der Waals surface area contributed by atoms with Crippen LogP contribution < -0.4 is 16.0 Å². The first-order valence-corrected chi connectivity index (χ1v) is 10.0. The van der Waals surface area contributed by atoms with Gasteiger partial charge in [-0.25, -0.2) is 9.37 Å². The van der Waals surface area contributed by atoms with Crippen LogP contribution in [0.1, 0.15) is 30.4 Å². The van der Waals surface area contributed by atoms with Crippen molar-refractivity contribution in [1.82, 2.24) is 19.9 Å². The molecule has 0 bridgehead atoms. The molecule has 170 valence electrons. The predicted octanol–water partition coefficient (Wildman–Crippen LogP) is 3.64. The van der Waals surface area contributed by atoms with E-state index in [4.69, 9.17) is 0 Å². The topological polar surface area (TPSA) is 100 Å². The van der Waals surface area contributed by atoms with Crippen LogP contribution >= 0.6 is 0 Å². The molecule has 12 heteroatoms. The van der Waals surface area contributed by atoms with Crippen molar-refractivity contribution in [2.45, 2.75) is 31.5 Å². The van der Waals surface area contributed by atoms with Gasteiger partial charge in [-0.2, -0.15) is 22.8 Å². The molecule has 8 nitrogen and oxygen atoms in total. The molecular weight excluding hydrogens is 444 g/mol. The van der Waals surface area contributed by atoms with Crippen LogP contribution in [0.2, 0.25) is 0 Å². The molecule has 5 rings (SSSR count). The second kappa shape index (κ2) is 7.57. The maximum absolute atomic E-state index is 13.8. The fourth-order valence-corrected chi connectivity index (χ4v) is 3.47. The summed E-state index contributed by atoms with van der Waals surface area (Å²) < 4.78 is 54.6. The summed E-state index contributed by atoms with van der Waals surface area (Å²) in [5, 5.41) is 12.5. The number of carbonyl (C=O) groups excluding carboxylic acids is 2. The van der Waals surface area contributed by atoms with E-state index in [1.165, 1.54) is 16.8 Å². The number of nitrogens with one attached hydrogen (secondary N) is 3. The molecule has 1 aromatic carbocycles. The number of halogens is 4. The molecule has 3 aromatic rings. The Morgan fingerprint density at radius 2 is 1.94 bits per heavy atom. The van der Waals surface area contributed by atoms with Gasteiger partial charge in [-0.3, -0.25) is 14.9 Å². The first-order chi connectivity index (χ1) is 15.7. The van der Waals surface area contributed by atoms with Crippen molar-refractivity contribution >= 4 is 40.9 Å². The Morgan fingerprint density at radius 3 is 2.61 bits per heavy atom. The lowest BCUT2D eigenvalue weighted by atomic mass is 10.1. The summed E-state index contributed by atoms with van der Waals surface area (Å²) in [7, 11) is 0. The van der Waals surface area contributed by atoms with Gasteiger partial charge in [0, 0.05) is 28.9 Å². The van der Waals surface area contributed by atoms with Gasteiger partial charge >= 0.3 is 6.18 Å². The van der Waals surface area contributed by atoms with Crippen LogP contribution in [0.3, 0.4) is 0 Å². The highest BCUT2D eigenvalue weighted by Crippen LogP contribution is 2.33. The lowest BCUT2D eigenvalue weighted by molar-refractivity contribution is -0.137. The Hall–Kier alpha value is -3.96. The number of nitrogens with zero attached hydrogens (tertiary/aromatic N) is 3. The van der Waals surface area contributed by atoms with E-state index in [1.807, 2.05) is 0 Å². The molecule has 2 fully saturated rings. The summed E-state index contributed by atoms with van der Waals surface area (Å²) >= 11 is 0. The number of hydrogen-bond acceptors (Lipinski definition) is 6. The Kier molecular flexibility index (Phi) is 4.80. The molecule has 2 aromatic heterocycles. The van der Waals surface area contributed by atoms with Gasteiger partial charge in [0.25, 0.3) is 5.91 Å². The minimum Gasteiger partial charge on any atom is -0.367 e. The molecule has 2 amide bonds. The van der Waals surface area contributed by atoms with Crippen molar-refractivity contribution in [3.63, 3.8) is 0 Å². The lowest BCUT2D eigenvalue weighted by Crippen LogP contribution is -2.19. The minimum atomic E-state index is -4.71. The fraction of sp³-hybridized carbons (Fsp3) is 0.238. The summed E-state index contributed by atoms with van der Waals surface area (Å²) in [6.07, 6.45) is 0.0721. The van der Waals surface area contributed by atoms with Crippen molar-refractivity contribution in [1.29, 1.82) is 0 Å². The maximum atomic E-state index is 13.8. The number of alkyl halides is 3. The Balaban J connectivity index is 1.56. The van der Waals surface area contributed by atoms with Crippen LogP contribution in [-0.2, 0) is 15.8 Å². The second-order valence-corrected chi connectivity index (χ2v) is 7.86. The monoisotopic (exact) mass is 460 g/mol. The number of aromatic nitrogens is 3. The van der Waals surface area contributed by atoms with E-state index < -0.39 is 29.4 Å². The van der Waals surface area contributed by atoms with Crippen molar-refractivity contribution in [2.75, 3.05) is 10.6 Å². The summed E-state index contributed by atoms with van der Waals surface area (Å²) in [5.74, 6) is -1.30. The van der Waals surface area contributed by atoms with E-state index >= 15 is 0 Å². The number of benzene rings is 1. The second-order valence-electron chi connectivity index (χ2n) is 7.86. The Morgan fingerprint density at radius 1 is 1.15 bits per heavy atom. The normalized spacial score (nSPS) is 17.6. The summed E-state index contributed by atoms with van der Waals surface area (Å²) in [4.78, 5) is 27.8. The van der Waals surface area contributed by atoms with Gasteiger partial charge in [-0.05, 0) is 37.1 Å². The van der Waals surface area contributed by atoms with Crippen LogP contribution in [0, 0.1) is 5.82 Å². The van der Waals surface area contributed by atoms with Gasteiger partial charge in [0.05, 0.1) is 18.2 Å². The number of anilines is 3. The van der Waals surface area contributed by atoms with E-state index in [-0.39, 0.29) is 29.5 Å². The Labute approximate surface area is 183 Å². The standard InChI is InChI=1S/C21H16F4N6O2/c22-13-5-12(21(23,24)25)6-15(7-13)27-16-8-17(28-14-1-2-14)31-19(29-16)11(9-26-31)3-10-4-18(32)30-20(10)33/h3,5-9,14,28H,1-2,4H2,(H,27,29)(H,30,32,33)/b10-3+. The van der Waals surface area contributed by atoms with Crippen molar-refractivity contribution in [2.24, 2.45) is 0 Å². The highest BCUT2D eigenvalue weighted by Gasteiger charge is 2.31. The lowest BCUT2D eigenvalue weighted by Gasteiger charge is -2.13. The third kappa shape index (κ3) is 4.36. The van der Waals surface area contributed by atoms with E-state index in [2.05, 4.69) is 26.0 Å². The summed E-state index contributed by atoms with van der Waals surface area (Å²) in [6.45, 7) is 0. The molecule has 3 N–H and O–H groups in total. The van der Waals surface area contributed by atoms with Gasteiger partial charge in [0.15, 0.2) is 5.65 Å². The number of amides is 2. The Bertz CT molecular complexity index is 1330. The van der Waals surface area contributed by atoms with Crippen LogP contribution in [0.5, 0.6) is 0 Å². The number of hydrogen-bond donors (Lipinski definition) is 3. The largest absolute Gasteiger partial charge is 0.416 e. The molecular formula is C21H16F4N6O2. The zero-order valence-corrected chi connectivity index (χ0v) is 16.8. The quantitative estimate of drug-likeness (QED) is 0.306. The van der Waals surface area contributed by atoms with Gasteiger partial charge in [0.2, 0.25) is 5.91 Å². The molecule has 1 aliphatic carbocycles.